The summed E-state index contributed by atoms with van der Waals surface area (Å²) < 4.78 is 5.08. The van der Waals surface area contributed by atoms with Gasteiger partial charge in [0, 0.05) is 32.1 Å². The Morgan fingerprint density at radius 2 is 1.86 bits per heavy atom. The molecule has 126 valence electrons. The summed E-state index contributed by atoms with van der Waals surface area (Å²) in [5.41, 5.74) is -0.544. The molecule has 0 aromatic rings. The first kappa shape index (κ1) is 18.3. The first-order valence-electron chi connectivity index (χ1n) is 7.64. The molecule has 1 heterocycles. The SMILES string of the molecule is CC(C)N1C[C@@H](C(=O)NCCNC(=O)OC(C)(C)C)CC1=O. The van der Waals surface area contributed by atoms with Gasteiger partial charge in [0.05, 0.1) is 5.92 Å². The average molecular weight is 313 g/mol. The third-order valence-corrected chi connectivity index (χ3v) is 3.25. The quantitative estimate of drug-likeness (QED) is 0.738. The number of nitrogens with one attached hydrogen (secondary N) is 2. The molecule has 1 fully saturated rings. The number of carbonyl (C=O) groups is 3. The Bertz CT molecular complexity index is 429. The molecule has 1 atom stereocenters. The second-order valence-electron chi connectivity index (χ2n) is 6.76. The van der Waals surface area contributed by atoms with Crippen molar-refractivity contribution in [1.82, 2.24) is 15.5 Å². The van der Waals surface area contributed by atoms with Gasteiger partial charge in [0.2, 0.25) is 11.8 Å². The van der Waals surface area contributed by atoms with Crippen molar-refractivity contribution in [3.63, 3.8) is 0 Å². The van der Waals surface area contributed by atoms with Gasteiger partial charge in [0.15, 0.2) is 0 Å². The number of carbonyl (C=O) groups excluding carboxylic acids is 3. The molecule has 22 heavy (non-hydrogen) atoms. The molecule has 0 spiro atoms. The predicted octanol–water partition coefficient (Wildman–Crippen LogP) is 0.884. The monoisotopic (exact) mass is 313 g/mol. The van der Waals surface area contributed by atoms with Gasteiger partial charge < -0.3 is 20.3 Å². The van der Waals surface area contributed by atoms with Crippen LogP contribution in [0.4, 0.5) is 4.79 Å². The highest BCUT2D eigenvalue weighted by atomic mass is 16.6. The fourth-order valence-corrected chi connectivity index (χ4v) is 2.22. The van der Waals surface area contributed by atoms with Crippen LogP contribution < -0.4 is 10.6 Å². The highest BCUT2D eigenvalue weighted by Gasteiger charge is 2.35. The normalized spacial score (nSPS) is 18.5. The van der Waals surface area contributed by atoms with Crippen molar-refractivity contribution in [2.24, 2.45) is 5.92 Å². The summed E-state index contributed by atoms with van der Waals surface area (Å²) in [4.78, 5) is 36.9. The van der Waals surface area contributed by atoms with E-state index in [4.69, 9.17) is 4.74 Å². The van der Waals surface area contributed by atoms with Crippen LogP contribution in [0.15, 0.2) is 0 Å². The molecule has 2 N–H and O–H groups in total. The number of amides is 3. The van der Waals surface area contributed by atoms with Crippen LogP contribution in [-0.2, 0) is 14.3 Å². The van der Waals surface area contributed by atoms with Crippen molar-refractivity contribution in [3.05, 3.63) is 0 Å². The van der Waals surface area contributed by atoms with E-state index in [2.05, 4.69) is 10.6 Å². The summed E-state index contributed by atoms with van der Waals surface area (Å²) in [5, 5.41) is 5.30. The first-order valence-corrected chi connectivity index (χ1v) is 7.64. The van der Waals surface area contributed by atoms with Gasteiger partial charge in [-0.05, 0) is 34.6 Å². The maximum atomic E-state index is 12.0. The van der Waals surface area contributed by atoms with Crippen molar-refractivity contribution in [3.8, 4) is 0 Å². The molecule has 0 saturated carbocycles. The van der Waals surface area contributed by atoms with Crippen molar-refractivity contribution in [2.75, 3.05) is 19.6 Å². The van der Waals surface area contributed by atoms with E-state index < -0.39 is 11.7 Å². The van der Waals surface area contributed by atoms with Crippen molar-refractivity contribution in [2.45, 2.75) is 52.7 Å². The van der Waals surface area contributed by atoms with Gasteiger partial charge in [-0.2, -0.15) is 0 Å². The lowest BCUT2D eigenvalue weighted by molar-refractivity contribution is -0.129. The lowest BCUT2D eigenvalue weighted by atomic mass is 10.1. The van der Waals surface area contributed by atoms with Crippen LogP contribution in [-0.4, -0.2) is 54.1 Å². The van der Waals surface area contributed by atoms with E-state index in [1.165, 1.54) is 0 Å². The van der Waals surface area contributed by atoms with E-state index in [0.717, 1.165) is 0 Å². The van der Waals surface area contributed by atoms with Crippen LogP contribution in [0.2, 0.25) is 0 Å². The van der Waals surface area contributed by atoms with E-state index in [1.54, 1.807) is 25.7 Å². The van der Waals surface area contributed by atoms with E-state index in [1.807, 2.05) is 13.8 Å². The molecule has 7 heteroatoms. The lowest BCUT2D eigenvalue weighted by Gasteiger charge is -2.21. The number of ether oxygens (including phenoxy) is 1. The number of rotatable bonds is 5. The summed E-state index contributed by atoms with van der Waals surface area (Å²) in [6.07, 6.45) is -0.257. The van der Waals surface area contributed by atoms with Crippen LogP contribution in [0.3, 0.4) is 0 Å². The highest BCUT2D eigenvalue weighted by Crippen LogP contribution is 2.19. The van der Waals surface area contributed by atoms with Crippen LogP contribution in [0.5, 0.6) is 0 Å². The molecule has 1 rings (SSSR count). The summed E-state index contributed by atoms with van der Waals surface area (Å²) >= 11 is 0. The zero-order valence-electron chi connectivity index (χ0n) is 14.1. The zero-order valence-corrected chi connectivity index (χ0v) is 14.1. The molecule has 1 aliphatic rings. The molecule has 0 aromatic heterocycles. The maximum absolute atomic E-state index is 12.0. The summed E-state index contributed by atoms with van der Waals surface area (Å²) in [6, 6.07) is 0.110. The van der Waals surface area contributed by atoms with Gasteiger partial charge in [0.25, 0.3) is 0 Å². The van der Waals surface area contributed by atoms with Crippen LogP contribution >= 0.6 is 0 Å². The molecule has 7 nitrogen and oxygen atoms in total. The fourth-order valence-electron chi connectivity index (χ4n) is 2.22. The van der Waals surface area contributed by atoms with Gasteiger partial charge in [-0.1, -0.05) is 0 Å². The second kappa shape index (κ2) is 7.47. The number of hydrogen-bond acceptors (Lipinski definition) is 4. The minimum Gasteiger partial charge on any atom is -0.444 e. The molecular formula is C15H27N3O4. The second-order valence-corrected chi connectivity index (χ2v) is 6.76. The fraction of sp³-hybridized carbons (Fsp3) is 0.800. The summed E-state index contributed by atoms with van der Waals surface area (Å²) in [6.45, 7) is 10.3. The number of likely N-dealkylation sites (tertiary alicyclic amines) is 1. The van der Waals surface area contributed by atoms with Gasteiger partial charge in [-0.15, -0.1) is 0 Å². The molecule has 3 amide bonds. The third-order valence-electron chi connectivity index (χ3n) is 3.25. The Hall–Kier alpha value is -1.79. The molecule has 0 aromatic carbocycles. The standard InChI is InChI=1S/C15H27N3O4/c1-10(2)18-9-11(8-12(18)19)13(20)16-6-7-17-14(21)22-15(3,4)5/h10-11H,6-9H2,1-5H3,(H,16,20)(H,17,21)/t11-/m0/s1. The van der Waals surface area contributed by atoms with Crippen LogP contribution in [0.1, 0.15) is 41.0 Å². The Morgan fingerprint density at radius 3 is 2.36 bits per heavy atom. The van der Waals surface area contributed by atoms with Crippen molar-refractivity contribution >= 4 is 17.9 Å². The Balaban J connectivity index is 2.25. The summed E-state index contributed by atoms with van der Waals surface area (Å²) in [7, 11) is 0. The molecule has 0 radical (unpaired) electrons. The van der Waals surface area contributed by atoms with Crippen LogP contribution in [0, 0.1) is 5.92 Å². The van der Waals surface area contributed by atoms with Gasteiger partial charge >= 0.3 is 6.09 Å². The molecule has 1 aliphatic heterocycles. The van der Waals surface area contributed by atoms with Crippen molar-refractivity contribution in [1.29, 1.82) is 0 Å². The zero-order chi connectivity index (χ0) is 16.9. The van der Waals surface area contributed by atoms with E-state index in [0.29, 0.717) is 13.1 Å². The van der Waals surface area contributed by atoms with Gasteiger partial charge in [-0.3, -0.25) is 9.59 Å². The number of hydrogen-bond donors (Lipinski definition) is 2. The van der Waals surface area contributed by atoms with E-state index >= 15 is 0 Å². The number of nitrogens with zero attached hydrogens (tertiary/aromatic N) is 1. The Labute approximate surface area is 131 Å². The minimum atomic E-state index is -0.544. The largest absolute Gasteiger partial charge is 0.444 e. The highest BCUT2D eigenvalue weighted by molar-refractivity contribution is 5.89. The minimum absolute atomic E-state index is 0.0158. The van der Waals surface area contributed by atoms with E-state index in [-0.39, 0.29) is 36.7 Å². The molecule has 0 unspecified atom stereocenters. The lowest BCUT2D eigenvalue weighted by Crippen LogP contribution is -2.40. The summed E-state index contributed by atoms with van der Waals surface area (Å²) in [5.74, 6) is -0.444. The first-order chi connectivity index (χ1) is 10.1. The Kier molecular flexibility index (Phi) is 6.20. The molecule has 1 saturated heterocycles. The Morgan fingerprint density at radius 1 is 1.27 bits per heavy atom. The molecule has 0 aliphatic carbocycles. The smallest absolute Gasteiger partial charge is 0.407 e. The average Bonchev–Trinajstić information content (AvgIpc) is 2.74. The predicted molar refractivity (Wildman–Crippen MR) is 82.2 cm³/mol. The number of alkyl carbamates (subject to hydrolysis) is 1. The topological polar surface area (TPSA) is 87.7 Å². The third kappa shape index (κ3) is 5.91. The van der Waals surface area contributed by atoms with Crippen LogP contribution in [0.25, 0.3) is 0 Å². The van der Waals surface area contributed by atoms with E-state index in [9.17, 15) is 14.4 Å². The van der Waals surface area contributed by atoms with Crippen molar-refractivity contribution < 1.29 is 19.1 Å². The molecule has 0 bridgehead atoms. The van der Waals surface area contributed by atoms with Gasteiger partial charge in [0.1, 0.15) is 5.60 Å². The molecular weight excluding hydrogens is 286 g/mol. The van der Waals surface area contributed by atoms with Gasteiger partial charge in [-0.25, -0.2) is 4.79 Å². The maximum Gasteiger partial charge on any atom is 0.407 e.